The molecule has 14 heavy (non-hydrogen) atoms. The van der Waals surface area contributed by atoms with Gasteiger partial charge in [0.25, 0.3) is 5.91 Å². The summed E-state index contributed by atoms with van der Waals surface area (Å²) in [5, 5.41) is 0. The van der Waals surface area contributed by atoms with E-state index in [9.17, 15) is 13.6 Å². The molecule has 0 spiro atoms. The molecule has 0 radical (unpaired) electrons. The van der Waals surface area contributed by atoms with Gasteiger partial charge in [0.05, 0.1) is 5.56 Å². The van der Waals surface area contributed by atoms with Crippen LogP contribution in [-0.4, -0.2) is 5.91 Å². The molecule has 0 heterocycles. The van der Waals surface area contributed by atoms with E-state index in [2.05, 4.69) is 0 Å². The highest BCUT2D eigenvalue weighted by Crippen LogP contribution is 2.13. The van der Waals surface area contributed by atoms with E-state index in [1.165, 1.54) is 6.07 Å². The van der Waals surface area contributed by atoms with Crippen LogP contribution in [0.4, 0.5) is 8.78 Å². The van der Waals surface area contributed by atoms with Gasteiger partial charge in [-0.1, -0.05) is 13.8 Å². The lowest BCUT2D eigenvalue weighted by molar-refractivity contribution is 0.0995. The lowest BCUT2D eigenvalue weighted by Gasteiger charge is -2.00. The molecule has 0 aliphatic carbocycles. The Morgan fingerprint density at radius 1 is 1.29 bits per heavy atom. The number of carbonyl (C=O) groups is 1. The Kier molecular flexibility index (Phi) is 4.77. The Morgan fingerprint density at radius 3 is 2.21 bits per heavy atom. The minimum absolute atomic E-state index is 0.410. The Balaban J connectivity index is 0.000000791. The number of nitrogens with two attached hydrogens (primary N) is 1. The quantitative estimate of drug-likeness (QED) is 0.744. The molecule has 0 aromatic heterocycles. The van der Waals surface area contributed by atoms with Crippen LogP contribution in [0, 0.1) is 18.6 Å². The number of benzene rings is 1. The van der Waals surface area contributed by atoms with Gasteiger partial charge in [-0.25, -0.2) is 8.78 Å². The summed E-state index contributed by atoms with van der Waals surface area (Å²) in [5.74, 6) is -3.20. The average Bonchev–Trinajstić information content (AvgIpc) is 2.14. The van der Waals surface area contributed by atoms with Gasteiger partial charge in [0.15, 0.2) is 11.6 Å². The number of rotatable bonds is 1. The number of hydrogen-bond acceptors (Lipinski definition) is 1. The Labute approximate surface area is 81.7 Å². The van der Waals surface area contributed by atoms with Crippen LogP contribution in [0.5, 0.6) is 0 Å². The maximum Gasteiger partial charge on any atom is 0.251 e. The zero-order chi connectivity index (χ0) is 11.3. The van der Waals surface area contributed by atoms with Crippen LogP contribution in [0.2, 0.25) is 0 Å². The molecule has 0 aliphatic rings. The summed E-state index contributed by atoms with van der Waals surface area (Å²) in [7, 11) is 0. The van der Waals surface area contributed by atoms with Crippen molar-refractivity contribution in [3.63, 3.8) is 0 Å². The van der Waals surface area contributed by atoms with Gasteiger partial charge in [-0.15, -0.1) is 0 Å². The molecule has 1 rings (SSSR count). The predicted octanol–water partition coefficient (Wildman–Crippen LogP) is 2.40. The number of amides is 1. The van der Waals surface area contributed by atoms with Crippen molar-refractivity contribution in [2.45, 2.75) is 20.8 Å². The smallest absolute Gasteiger partial charge is 0.251 e. The van der Waals surface area contributed by atoms with Gasteiger partial charge in [-0.2, -0.15) is 0 Å². The Bertz CT molecular complexity index is 337. The van der Waals surface area contributed by atoms with Crippen molar-refractivity contribution in [2.24, 2.45) is 5.73 Å². The van der Waals surface area contributed by atoms with Crippen LogP contribution >= 0.6 is 0 Å². The molecular weight excluding hydrogens is 188 g/mol. The van der Waals surface area contributed by atoms with Crippen LogP contribution in [0.25, 0.3) is 0 Å². The van der Waals surface area contributed by atoms with Gasteiger partial charge in [0.2, 0.25) is 0 Å². The lowest BCUT2D eigenvalue weighted by Crippen LogP contribution is -2.14. The van der Waals surface area contributed by atoms with E-state index in [-0.39, 0.29) is 0 Å². The van der Waals surface area contributed by atoms with Crippen molar-refractivity contribution in [2.75, 3.05) is 0 Å². The maximum atomic E-state index is 12.8. The fourth-order valence-corrected chi connectivity index (χ4v) is 0.904. The summed E-state index contributed by atoms with van der Waals surface area (Å²) >= 11 is 0. The van der Waals surface area contributed by atoms with E-state index in [0.717, 1.165) is 6.07 Å². The summed E-state index contributed by atoms with van der Waals surface area (Å²) in [6.45, 7) is 5.55. The van der Waals surface area contributed by atoms with Crippen molar-refractivity contribution < 1.29 is 13.6 Å². The second kappa shape index (κ2) is 5.32. The molecule has 0 atom stereocenters. The van der Waals surface area contributed by atoms with Crippen LogP contribution < -0.4 is 5.73 Å². The summed E-state index contributed by atoms with van der Waals surface area (Å²) in [6, 6.07) is 2.21. The molecule has 1 aromatic carbocycles. The highest BCUT2D eigenvalue weighted by molar-refractivity contribution is 5.93. The zero-order valence-corrected chi connectivity index (χ0v) is 8.40. The number of halogens is 2. The first-order valence-corrected chi connectivity index (χ1v) is 4.28. The number of aryl methyl sites for hydroxylation is 1. The monoisotopic (exact) mass is 201 g/mol. The molecule has 78 valence electrons. The van der Waals surface area contributed by atoms with Gasteiger partial charge in [0, 0.05) is 0 Å². The van der Waals surface area contributed by atoms with Crippen molar-refractivity contribution in [3.8, 4) is 0 Å². The lowest BCUT2D eigenvalue weighted by atomic mass is 10.1. The molecule has 0 bridgehead atoms. The Morgan fingerprint density at radius 2 is 1.79 bits per heavy atom. The summed E-state index contributed by atoms with van der Waals surface area (Å²) in [6.07, 6.45) is 0. The fraction of sp³-hybridized carbons (Fsp3) is 0.300. The van der Waals surface area contributed by atoms with Gasteiger partial charge in [-0.05, 0) is 24.6 Å². The largest absolute Gasteiger partial charge is 0.366 e. The molecule has 2 nitrogen and oxygen atoms in total. The Hall–Kier alpha value is -1.45. The van der Waals surface area contributed by atoms with E-state index >= 15 is 0 Å². The second-order valence-corrected chi connectivity index (χ2v) is 2.47. The third-order valence-electron chi connectivity index (χ3n) is 1.44. The first kappa shape index (κ1) is 12.6. The van der Waals surface area contributed by atoms with E-state index < -0.39 is 23.1 Å². The van der Waals surface area contributed by atoms with Gasteiger partial charge in [0.1, 0.15) is 0 Å². The van der Waals surface area contributed by atoms with Crippen molar-refractivity contribution in [3.05, 3.63) is 34.9 Å². The van der Waals surface area contributed by atoms with E-state index in [0.29, 0.717) is 5.56 Å². The van der Waals surface area contributed by atoms with E-state index in [1.807, 2.05) is 13.8 Å². The van der Waals surface area contributed by atoms with Crippen molar-refractivity contribution in [1.82, 2.24) is 0 Å². The minimum atomic E-state index is -1.19. The van der Waals surface area contributed by atoms with Gasteiger partial charge < -0.3 is 5.73 Å². The molecule has 1 aromatic rings. The second-order valence-electron chi connectivity index (χ2n) is 2.47. The van der Waals surface area contributed by atoms with Crippen LogP contribution in [0.3, 0.4) is 0 Å². The van der Waals surface area contributed by atoms with Crippen LogP contribution in [-0.2, 0) is 0 Å². The summed E-state index contributed by atoms with van der Waals surface area (Å²) in [4.78, 5) is 10.5. The maximum absolute atomic E-state index is 12.8. The fourth-order valence-electron chi connectivity index (χ4n) is 0.904. The summed E-state index contributed by atoms with van der Waals surface area (Å²) in [5.41, 5.74) is 4.86. The van der Waals surface area contributed by atoms with E-state index in [4.69, 9.17) is 5.73 Å². The third kappa shape index (κ3) is 2.80. The third-order valence-corrected chi connectivity index (χ3v) is 1.44. The first-order valence-electron chi connectivity index (χ1n) is 4.28. The van der Waals surface area contributed by atoms with Crippen molar-refractivity contribution >= 4 is 5.91 Å². The van der Waals surface area contributed by atoms with E-state index in [1.54, 1.807) is 6.92 Å². The standard InChI is InChI=1S/C8H7F2NO.C2H6/c1-4-2-5(8(11)12)7(10)6(9)3-4;1-2/h2-3H,1H3,(H2,11,12);1-2H3. The number of carbonyl (C=O) groups excluding carboxylic acids is 1. The highest BCUT2D eigenvalue weighted by Gasteiger charge is 2.12. The molecule has 0 saturated heterocycles. The number of primary amides is 1. The molecule has 0 fully saturated rings. The SMILES string of the molecule is CC.Cc1cc(F)c(F)c(C(N)=O)c1. The van der Waals surface area contributed by atoms with Crippen LogP contribution in [0.15, 0.2) is 12.1 Å². The normalized spacial score (nSPS) is 8.93. The topological polar surface area (TPSA) is 43.1 Å². The zero-order valence-electron chi connectivity index (χ0n) is 8.40. The molecule has 1 amide bonds. The minimum Gasteiger partial charge on any atom is -0.366 e. The average molecular weight is 201 g/mol. The molecule has 4 heteroatoms. The van der Waals surface area contributed by atoms with Gasteiger partial charge in [-0.3, -0.25) is 4.79 Å². The van der Waals surface area contributed by atoms with Gasteiger partial charge >= 0.3 is 0 Å². The molecule has 0 unspecified atom stereocenters. The predicted molar refractivity (Wildman–Crippen MR) is 51.0 cm³/mol. The molecule has 0 saturated carbocycles. The number of hydrogen-bond donors (Lipinski definition) is 1. The highest BCUT2D eigenvalue weighted by atomic mass is 19.2. The molecule has 0 aliphatic heterocycles. The molecular formula is C10H13F2NO. The van der Waals surface area contributed by atoms with Crippen molar-refractivity contribution in [1.29, 1.82) is 0 Å². The first-order chi connectivity index (χ1) is 6.52. The van der Waals surface area contributed by atoms with Crippen LogP contribution in [0.1, 0.15) is 29.8 Å². The molecule has 2 N–H and O–H groups in total. The summed E-state index contributed by atoms with van der Waals surface area (Å²) < 4.78 is 25.4.